The highest BCUT2D eigenvalue weighted by atomic mass is 15.2. The second-order valence-electron chi connectivity index (χ2n) is 5.96. The molecule has 3 rings (SSSR count). The van der Waals surface area contributed by atoms with Crippen molar-refractivity contribution in [1.29, 1.82) is 0 Å². The van der Waals surface area contributed by atoms with Gasteiger partial charge in [-0.3, -0.25) is 4.90 Å². The van der Waals surface area contributed by atoms with Crippen molar-refractivity contribution in [3.63, 3.8) is 0 Å². The van der Waals surface area contributed by atoms with Crippen LogP contribution in [0.15, 0.2) is 18.3 Å². The van der Waals surface area contributed by atoms with E-state index in [1.165, 1.54) is 69.5 Å². The highest BCUT2D eigenvalue weighted by Gasteiger charge is 2.25. The minimum Gasteiger partial charge on any atom is -0.356 e. The summed E-state index contributed by atoms with van der Waals surface area (Å²) in [4.78, 5) is 9.72. The van der Waals surface area contributed by atoms with Gasteiger partial charge in [-0.05, 0) is 51.8 Å². The summed E-state index contributed by atoms with van der Waals surface area (Å²) in [6, 6.07) is 4.97. The fourth-order valence-electron chi connectivity index (χ4n) is 3.51. The lowest BCUT2D eigenvalue weighted by atomic mass is 9.95. The molecule has 3 heterocycles. The molecular weight excluding hydrogens is 234 g/mol. The van der Waals surface area contributed by atoms with Crippen molar-refractivity contribution in [2.24, 2.45) is 0 Å². The molecule has 2 aliphatic heterocycles. The van der Waals surface area contributed by atoms with E-state index in [2.05, 4.69) is 29.0 Å². The molecule has 2 aliphatic rings. The van der Waals surface area contributed by atoms with Crippen LogP contribution in [0, 0.1) is 0 Å². The predicted molar refractivity (Wildman–Crippen MR) is 79.5 cm³/mol. The first-order valence-corrected chi connectivity index (χ1v) is 7.76. The van der Waals surface area contributed by atoms with E-state index in [1.807, 2.05) is 6.20 Å². The molecule has 2 saturated heterocycles. The molecule has 1 atom stereocenters. The quantitative estimate of drug-likeness (QED) is 0.813. The van der Waals surface area contributed by atoms with Gasteiger partial charge >= 0.3 is 0 Å². The standard InChI is InChI=1S/C16H25N3/c1-18-11-6-3-9-15(18)14-8-7-10-17-16(14)19-12-4-2-5-13-19/h7-8,10,15H,2-6,9,11-13H2,1H3/t15-/m0/s1. The molecule has 19 heavy (non-hydrogen) atoms. The molecule has 0 aromatic carbocycles. The van der Waals surface area contributed by atoms with Crippen LogP contribution in [0.1, 0.15) is 50.1 Å². The summed E-state index contributed by atoms with van der Waals surface area (Å²) in [7, 11) is 2.26. The summed E-state index contributed by atoms with van der Waals surface area (Å²) in [6.07, 6.45) is 9.93. The van der Waals surface area contributed by atoms with Gasteiger partial charge in [-0.2, -0.15) is 0 Å². The lowest BCUT2D eigenvalue weighted by Gasteiger charge is -2.36. The maximum absolute atomic E-state index is 4.71. The Labute approximate surface area is 116 Å². The number of pyridine rings is 1. The van der Waals surface area contributed by atoms with Gasteiger partial charge in [0, 0.05) is 30.9 Å². The van der Waals surface area contributed by atoms with Crippen LogP contribution in [-0.4, -0.2) is 36.6 Å². The lowest BCUT2D eigenvalue weighted by Crippen LogP contribution is -2.34. The number of piperidine rings is 2. The molecule has 2 fully saturated rings. The fraction of sp³-hybridized carbons (Fsp3) is 0.688. The van der Waals surface area contributed by atoms with Gasteiger partial charge in [-0.1, -0.05) is 12.5 Å². The number of rotatable bonds is 2. The van der Waals surface area contributed by atoms with E-state index in [0.29, 0.717) is 6.04 Å². The Balaban J connectivity index is 1.87. The van der Waals surface area contributed by atoms with Crippen molar-refractivity contribution in [3.8, 4) is 0 Å². The molecular formula is C16H25N3. The normalized spacial score (nSPS) is 25.5. The van der Waals surface area contributed by atoms with Gasteiger partial charge < -0.3 is 4.90 Å². The van der Waals surface area contributed by atoms with Gasteiger partial charge in [0.25, 0.3) is 0 Å². The van der Waals surface area contributed by atoms with Gasteiger partial charge in [0.15, 0.2) is 0 Å². The zero-order valence-corrected chi connectivity index (χ0v) is 12.0. The molecule has 3 heteroatoms. The van der Waals surface area contributed by atoms with Crippen LogP contribution in [0.25, 0.3) is 0 Å². The summed E-state index contributed by atoms with van der Waals surface area (Å²) in [5.41, 5.74) is 1.45. The average Bonchev–Trinajstić information content (AvgIpc) is 2.49. The predicted octanol–water partition coefficient (Wildman–Crippen LogP) is 3.23. The molecule has 0 radical (unpaired) electrons. The number of hydrogen-bond donors (Lipinski definition) is 0. The average molecular weight is 259 g/mol. The highest BCUT2D eigenvalue weighted by Crippen LogP contribution is 2.35. The summed E-state index contributed by atoms with van der Waals surface area (Å²) < 4.78 is 0. The Morgan fingerprint density at radius 1 is 1.05 bits per heavy atom. The molecule has 104 valence electrons. The fourth-order valence-corrected chi connectivity index (χ4v) is 3.51. The van der Waals surface area contributed by atoms with Gasteiger partial charge in [-0.15, -0.1) is 0 Å². The molecule has 0 amide bonds. The summed E-state index contributed by atoms with van der Waals surface area (Å²) in [5, 5.41) is 0. The molecule has 0 aliphatic carbocycles. The van der Waals surface area contributed by atoms with Crippen molar-refractivity contribution in [2.45, 2.75) is 44.6 Å². The maximum atomic E-state index is 4.71. The lowest BCUT2D eigenvalue weighted by molar-refractivity contribution is 0.187. The largest absolute Gasteiger partial charge is 0.356 e. The molecule has 0 N–H and O–H groups in total. The van der Waals surface area contributed by atoms with Crippen LogP contribution in [0.2, 0.25) is 0 Å². The first kappa shape index (κ1) is 12.9. The number of hydrogen-bond acceptors (Lipinski definition) is 3. The van der Waals surface area contributed by atoms with E-state index in [0.717, 1.165) is 0 Å². The third kappa shape index (κ3) is 2.76. The van der Waals surface area contributed by atoms with Gasteiger partial charge in [-0.25, -0.2) is 4.98 Å². The van der Waals surface area contributed by atoms with Gasteiger partial charge in [0.05, 0.1) is 0 Å². The molecule has 0 spiro atoms. The number of aromatic nitrogens is 1. The van der Waals surface area contributed by atoms with Crippen molar-refractivity contribution in [1.82, 2.24) is 9.88 Å². The summed E-state index contributed by atoms with van der Waals surface area (Å²) in [5.74, 6) is 1.25. The molecule has 3 nitrogen and oxygen atoms in total. The molecule has 1 aromatic rings. The van der Waals surface area contributed by atoms with Crippen LogP contribution in [0.3, 0.4) is 0 Å². The van der Waals surface area contributed by atoms with Gasteiger partial charge in [0.2, 0.25) is 0 Å². The van der Waals surface area contributed by atoms with Gasteiger partial charge in [0.1, 0.15) is 5.82 Å². The second-order valence-corrected chi connectivity index (χ2v) is 5.96. The van der Waals surface area contributed by atoms with Crippen molar-refractivity contribution in [2.75, 3.05) is 31.6 Å². The summed E-state index contributed by atoms with van der Waals surface area (Å²) >= 11 is 0. The van der Waals surface area contributed by atoms with Crippen LogP contribution in [0.4, 0.5) is 5.82 Å². The van der Waals surface area contributed by atoms with Crippen molar-refractivity contribution >= 4 is 5.82 Å². The highest BCUT2D eigenvalue weighted by molar-refractivity contribution is 5.48. The SMILES string of the molecule is CN1CCCC[C@H]1c1cccnc1N1CCCCC1. The van der Waals surface area contributed by atoms with E-state index in [9.17, 15) is 0 Å². The molecule has 0 unspecified atom stereocenters. The van der Waals surface area contributed by atoms with Crippen molar-refractivity contribution < 1.29 is 0 Å². The Bertz CT molecular complexity index is 412. The van der Waals surface area contributed by atoms with E-state index in [1.54, 1.807) is 0 Å². The minimum atomic E-state index is 0.569. The minimum absolute atomic E-state index is 0.569. The van der Waals surface area contributed by atoms with E-state index < -0.39 is 0 Å². The topological polar surface area (TPSA) is 19.4 Å². The zero-order chi connectivity index (χ0) is 13.1. The van der Waals surface area contributed by atoms with Crippen LogP contribution < -0.4 is 4.90 Å². The molecule has 0 bridgehead atoms. The van der Waals surface area contributed by atoms with E-state index in [4.69, 9.17) is 4.98 Å². The Morgan fingerprint density at radius 2 is 1.84 bits per heavy atom. The Hall–Kier alpha value is -1.09. The van der Waals surface area contributed by atoms with Crippen molar-refractivity contribution in [3.05, 3.63) is 23.9 Å². The molecule has 0 saturated carbocycles. The smallest absolute Gasteiger partial charge is 0.133 e. The summed E-state index contributed by atoms with van der Waals surface area (Å²) in [6.45, 7) is 3.58. The third-order valence-electron chi connectivity index (χ3n) is 4.60. The first-order valence-electron chi connectivity index (χ1n) is 7.76. The van der Waals surface area contributed by atoms with Crippen LogP contribution in [-0.2, 0) is 0 Å². The zero-order valence-electron chi connectivity index (χ0n) is 12.0. The number of nitrogens with zero attached hydrogens (tertiary/aromatic N) is 3. The maximum Gasteiger partial charge on any atom is 0.133 e. The molecule has 1 aromatic heterocycles. The van der Waals surface area contributed by atoms with Crippen LogP contribution in [0.5, 0.6) is 0 Å². The monoisotopic (exact) mass is 259 g/mol. The number of anilines is 1. The number of likely N-dealkylation sites (tertiary alicyclic amines) is 1. The van der Waals surface area contributed by atoms with E-state index >= 15 is 0 Å². The third-order valence-corrected chi connectivity index (χ3v) is 4.60. The first-order chi connectivity index (χ1) is 9.36. The van der Waals surface area contributed by atoms with E-state index in [-0.39, 0.29) is 0 Å². The Kier molecular flexibility index (Phi) is 4.02. The Morgan fingerprint density at radius 3 is 2.63 bits per heavy atom. The second kappa shape index (κ2) is 5.91. The van der Waals surface area contributed by atoms with Crippen LogP contribution >= 0.6 is 0 Å².